The number of likely N-dealkylation sites (tertiary alicyclic amines) is 1. The third-order valence-corrected chi connectivity index (χ3v) is 9.85. The van der Waals surface area contributed by atoms with Crippen molar-refractivity contribution in [2.45, 2.75) is 75.3 Å². The van der Waals surface area contributed by atoms with Crippen LogP contribution in [0.15, 0.2) is 47.1 Å². The molecule has 9 nitrogen and oxygen atoms in total. The van der Waals surface area contributed by atoms with Crippen LogP contribution in [-0.4, -0.2) is 59.5 Å². The van der Waals surface area contributed by atoms with Crippen molar-refractivity contribution in [1.29, 1.82) is 0 Å². The van der Waals surface area contributed by atoms with Crippen molar-refractivity contribution >= 4 is 23.8 Å². The van der Waals surface area contributed by atoms with Crippen LogP contribution in [0.4, 0.5) is 0 Å². The Morgan fingerprint density at radius 1 is 1.05 bits per heavy atom. The standard InChI is InChI=1S/C31H39N5O4/c32-16-9-24(29(39)36-18-14-30(15-19-36)13-8-21-6-2-3-7-22(21)30)34-28(38)26(35-27(37)25-10-17-33-40-25)23-20-31(23)11-4-1-5-12-31/h2-3,6-8,10,13,17,23-24,26H,1,4-5,9,11-12,14-16,18-20,32H2,(H,34,38)(H,35,37)/t23?,24-,26-/m0/s1. The molecule has 1 aliphatic heterocycles. The number of nitrogens with one attached hydrogen (secondary N) is 2. The molecule has 3 atom stereocenters. The van der Waals surface area contributed by atoms with E-state index in [9.17, 15) is 14.4 Å². The number of allylic oxidation sites excluding steroid dienone is 1. The average Bonchev–Trinajstić information content (AvgIpc) is 3.31. The number of carbonyl (C=O) groups excluding carboxylic acids is 3. The first-order valence-electron chi connectivity index (χ1n) is 14.7. The molecule has 2 spiro atoms. The molecule has 3 fully saturated rings. The van der Waals surface area contributed by atoms with Gasteiger partial charge in [0.05, 0.1) is 6.20 Å². The van der Waals surface area contributed by atoms with Gasteiger partial charge >= 0.3 is 0 Å². The molecule has 3 aliphatic carbocycles. The van der Waals surface area contributed by atoms with Gasteiger partial charge in [0.2, 0.25) is 17.6 Å². The fourth-order valence-corrected chi connectivity index (χ4v) is 7.48. The zero-order valence-corrected chi connectivity index (χ0v) is 22.9. The van der Waals surface area contributed by atoms with Crippen molar-refractivity contribution in [3.63, 3.8) is 0 Å². The minimum atomic E-state index is -0.742. The van der Waals surface area contributed by atoms with Gasteiger partial charge in [0.15, 0.2) is 0 Å². The van der Waals surface area contributed by atoms with Crippen LogP contribution in [0.25, 0.3) is 6.08 Å². The second kappa shape index (κ2) is 10.8. The third kappa shape index (κ3) is 4.96. The van der Waals surface area contributed by atoms with Crippen LogP contribution in [0.3, 0.4) is 0 Å². The summed E-state index contributed by atoms with van der Waals surface area (Å²) in [4.78, 5) is 42.3. The van der Waals surface area contributed by atoms with E-state index in [2.05, 4.69) is 52.2 Å². The molecule has 1 unspecified atom stereocenters. The van der Waals surface area contributed by atoms with Gasteiger partial charge in [-0.2, -0.15) is 0 Å². The predicted octanol–water partition coefficient (Wildman–Crippen LogP) is 3.16. The predicted molar refractivity (Wildman–Crippen MR) is 150 cm³/mol. The summed E-state index contributed by atoms with van der Waals surface area (Å²) in [6.45, 7) is 1.50. The van der Waals surface area contributed by atoms with Crippen LogP contribution in [0.1, 0.15) is 79.5 Å². The molecule has 40 heavy (non-hydrogen) atoms. The summed E-state index contributed by atoms with van der Waals surface area (Å²) in [6, 6.07) is 8.47. The first kappa shape index (κ1) is 26.7. The van der Waals surface area contributed by atoms with Crippen LogP contribution in [0, 0.1) is 11.3 Å². The molecule has 3 amide bonds. The zero-order chi connectivity index (χ0) is 27.7. The monoisotopic (exact) mass is 545 g/mol. The van der Waals surface area contributed by atoms with Crippen molar-refractivity contribution in [2.24, 2.45) is 17.1 Å². The summed E-state index contributed by atoms with van der Waals surface area (Å²) in [5.41, 5.74) is 8.55. The van der Waals surface area contributed by atoms with E-state index < -0.39 is 18.0 Å². The zero-order valence-electron chi connectivity index (χ0n) is 22.9. The Balaban J connectivity index is 1.14. The molecule has 1 saturated heterocycles. The summed E-state index contributed by atoms with van der Waals surface area (Å²) in [6.07, 6.45) is 14.4. The molecule has 0 radical (unpaired) electrons. The van der Waals surface area contributed by atoms with Gasteiger partial charge in [0, 0.05) is 24.6 Å². The fraction of sp³-hybridized carbons (Fsp3) is 0.548. The van der Waals surface area contributed by atoms with E-state index in [0.29, 0.717) is 19.5 Å². The number of fused-ring (bicyclic) bond motifs is 2. The van der Waals surface area contributed by atoms with Gasteiger partial charge < -0.3 is 25.8 Å². The number of nitrogens with two attached hydrogens (primary N) is 1. The Hall–Kier alpha value is -3.46. The minimum Gasteiger partial charge on any atom is -0.351 e. The van der Waals surface area contributed by atoms with E-state index in [0.717, 1.165) is 44.9 Å². The SMILES string of the molecule is NCC[C@H](NC(=O)[C@@H](NC(=O)c1ccno1)C1CC12CCCCC2)C(=O)N1CCC2(C=Cc3ccccc32)CC1. The summed E-state index contributed by atoms with van der Waals surface area (Å²) >= 11 is 0. The highest BCUT2D eigenvalue weighted by Crippen LogP contribution is 2.62. The summed E-state index contributed by atoms with van der Waals surface area (Å²) in [5.74, 6) is -0.794. The normalized spacial score (nSPS) is 23.4. The minimum absolute atomic E-state index is 0.0314. The lowest BCUT2D eigenvalue weighted by molar-refractivity contribution is -0.138. The Labute approximate surface area is 234 Å². The topological polar surface area (TPSA) is 131 Å². The number of carbonyl (C=O) groups is 3. The van der Waals surface area contributed by atoms with E-state index in [4.69, 9.17) is 10.3 Å². The number of amides is 3. The van der Waals surface area contributed by atoms with Crippen LogP contribution in [-0.2, 0) is 15.0 Å². The Morgan fingerprint density at radius 2 is 1.82 bits per heavy atom. The number of benzene rings is 1. The lowest BCUT2D eigenvalue weighted by Gasteiger charge is -2.40. The van der Waals surface area contributed by atoms with E-state index >= 15 is 0 Å². The first-order chi connectivity index (χ1) is 19.4. The Kier molecular flexibility index (Phi) is 7.25. The lowest BCUT2D eigenvalue weighted by Crippen LogP contribution is -2.57. The number of nitrogens with zero attached hydrogens (tertiary/aromatic N) is 2. The maximum Gasteiger partial charge on any atom is 0.290 e. The highest BCUT2D eigenvalue weighted by atomic mass is 16.5. The maximum atomic E-state index is 13.8. The van der Waals surface area contributed by atoms with Gasteiger partial charge in [-0.1, -0.05) is 60.8 Å². The molecular formula is C31H39N5O4. The average molecular weight is 546 g/mol. The number of hydrogen-bond donors (Lipinski definition) is 3. The molecule has 4 aliphatic rings. The molecule has 2 heterocycles. The quantitative estimate of drug-likeness (QED) is 0.467. The molecular weight excluding hydrogens is 506 g/mol. The summed E-state index contributed by atoms with van der Waals surface area (Å²) < 4.78 is 5.04. The van der Waals surface area contributed by atoms with Crippen molar-refractivity contribution in [3.05, 3.63) is 59.5 Å². The third-order valence-electron chi connectivity index (χ3n) is 9.85. The highest BCUT2D eigenvalue weighted by molar-refractivity contribution is 5.97. The van der Waals surface area contributed by atoms with Crippen LogP contribution in [0.2, 0.25) is 0 Å². The van der Waals surface area contributed by atoms with Crippen molar-refractivity contribution in [2.75, 3.05) is 19.6 Å². The van der Waals surface area contributed by atoms with Crippen LogP contribution >= 0.6 is 0 Å². The molecule has 0 bridgehead atoms. The molecule has 4 N–H and O–H groups in total. The largest absolute Gasteiger partial charge is 0.351 e. The van der Waals surface area contributed by atoms with E-state index in [-0.39, 0.29) is 40.9 Å². The van der Waals surface area contributed by atoms with Crippen molar-refractivity contribution in [3.8, 4) is 0 Å². The van der Waals surface area contributed by atoms with E-state index in [1.54, 1.807) is 0 Å². The molecule has 2 aromatic rings. The molecule has 6 rings (SSSR count). The smallest absolute Gasteiger partial charge is 0.290 e. The number of aromatic nitrogens is 1. The molecule has 1 aromatic heterocycles. The van der Waals surface area contributed by atoms with Crippen molar-refractivity contribution in [1.82, 2.24) is 20.7 Å². The van der Waals surface area contributed by atoms with E-state index in [1.165, 1.54) is 29.8 Å². The number of rotatable bonds is 8. The highest BCUT2D eigenvalue weighted by Gasteiger charge is 2.59. The molecule has 9 heteroatoms. The summed E-state index contributed by atoms with van der Waals surface area (Å²) in [7, 11) is 0. The van der Waals surface area contributed by atoms with Gasteiger partial charge in [-0.15, -0.1) is 0 Å². The maximum absolute atomic E-state index is 13.8. The van der Waals surface area contributed by atoms with Crippen LogP contribution < -0.4 is 16.4 Å². The Bertz CT molecular complexity index is 1270. The lowest BCUT2D eigenvalue weighted by atomic mass is 9.74. The number of hydrogen-bond acceptors (Lipinski definition) is 6. The fourth-order valence-electron chi connectivity index (χ4n) is 7.48. The second-order valence-electron chi connectivity index (χ2n) is 12.1. The molecule has 212 valence electrons. The molecule has 1 aromatic carbocycles. The van der Waals surface area contributed by atoms with Crippen molar-refractivity contribution < 1.29 is 18.9 Å². The van der Waals surface area contributed by atoms with Gasteiger partial charge in [-0.05, 0) is 67.5 Å². The first-order valence-corrected chi connectivity index (χ1v) is 14.7. The van der Waals surface area contributed by atoms with Crippen LogP contribution in [0.5, 0.6) is 0 Å². The van der Waals surface area contributed by atoms with Gasteiger partial charge in [-0.25, -0.2) is 0 Å². The summed E-state index contributed by atoms with van der Waals surface area (Å²) in [5, 5.41) is 9.53. The second-order valence-corrected chi connectivity index (χ2v) is 12.1. The van der Waals surface area contributed by atoms with E-state index in [1.807, 2.05) is 4.90 Å². The van der Waals surface area contributed by atoms with Gasteiger partial charge in [0.1, 0.15) is 12.1 Å². The number of piperidine rings is 1. The van der Waals surface area contributed by atoms with Gasteiger partial charge in [0.25, 0.3) is 5.91 Å². The van der Waals surface area contributed by atoms with Gasteiger partial charge in [-0.3, -0.25) is 14.4 Å². The molecule has 2 saturated carbocycles. The Morgan fingerprint density at radius 3 is 2.55 bits per heavy atom.